The van der Waals surface area contributed by atoms with Crippen molar-refractivity contribution in [2.45, 2.75) is 104 Å². The molecule has 0 saturated carbocycles. The molecule has 0 amide bonds. The van der Waals surface area contributed by atoms with Gasteiger partial charge >= 0.3 is 6.85 Å². The summed E-state index contributed by atoms with van der Waals surface area (Å²) >= 11 is 1.95. The van der Waals surface area contributed by atoms with Crippen LogP contribution in [0.4, 0.5) is 28.4 Å². The molecule has 0 bridgehead atoms. The summed E-state index contributed by atoms with van der Waals surface area (Å²) < 4.78 is 16.6. The van der Waals surface area contributed by atoms with Gasteiger partial charge in [0, 0.05) is 65.1 Å². The van der Waals surface area contributed by atoms with Crippen molar-refractivity contribution in [2.75, 3.05) is 9.71 Å². The lowest BCUT2D eigenvalue weighted by molar-refractivity contribution is 0.332. The maximum Gasteiger partial charge on any atom is 0.343 e. The van der Waals surface area contributed by atoms with E-state index in [1.807, 2.05) is 11.3 Å². The fourth-order valence-corrected chi connectivity index (χ4v) is 13.0. The first kappa shape index (κ1) is 40.1. The highest BCUT2D eigenvalue weighted by Crippen LogP contribution is 2.56. The van der Waals surface area contributed by atoms with Crippen molar-refractivity contribution in [1.82, 2.24) is 0 Å². The Morgan fingerprint density at radius 1 is 0.530 bits per heavy atom. The van der Waals surface area contributed by atoms with Crippen molar-refractivity contribution in [3.63, 3.8) is 0 Å². The smallest absolute Gasteiger partial charge is 0.343 e. The van der Waals surface area contributed by atoms with Crippen LogP contribution in [0.3, 0.4) is 0 Å². The van der Waals surface area contributed by atoms with Crippen LogP contribution >= 0.6 is 11.3 Å². The minimum absolute atomic E-state index is 0.0127. The van der Waals surface area contributed by atoms with Crippen LogP contribution in [0.1, 0.15) is 104 Å². The predicted octanol–water partition coefficient (Wildman–Crippen LogP) is 16.4. The molecule has 3 aromatic heterocycles. The number of hydrogen-bond donors (Lipinski definition) is 0. The Balaban J connectivity index is 1.22. The van der Waals surface area contributed by atoms with E-state index in [9.17, 15) is 0 Å². The van der Waals surface area contributed by atoms with Gasteiger partial charge in [0.25, 0.3) is 0 Å². The van der Waals surface area contributed by atoms with Crippen LogP contribution in [-0.4, -0.2) is 6.85 Å². The number of fused-ring (bicyclic) bond motifs is 14. The third-order valence-corrected chi connectivity index (χ3v) is 16.8. The third kappa shape index (κ3) is 5.57. The number of para-hydroxylation sites is 2. The van der Waals surface area contributed by atoms with E-state index in [-0.39, 0.29) is 28.5 Å². The summed E-state index contributed by atoms with van der Waals surface area (Å²) in [6.45, 7) is 23.5. The molecule has 3 aliphatic rings. The van der Waals surface area contributed by atoms with E-state index in [4.69, 9.17) is 8.83 Å². The summed E-state index contributed by atoms with van der Waals surface area (Å²) in [5.74, 6) is 0. The minimum atomic E-state index is -0.169. The first-order chi connectivity index (χ1) is 31.5. The van der Waals surface area contributed by atoms with E-state index < -0.39 is 0 Å². The molecular formula is C60H55BN2O2S. The average molecular weight is 879 g/mol. The molecule has 0 unspecified atom stereocenters. The molecule has 0 spiro atoms. The number of hydrogen-bond acceptors (Lipinski definition) is 5. The Hall–Kier alpha value is -6.24. The Kier molecular flexibility index (Phi) is 8.03. The molecule has 4 nitrogen and oxygen atoms in total. The maximum atomic E-state index is 7.27. The Morgan fingerprint density at radius 3 is 1.86 bits per heavy atom. The molecule has 2 aliphatic heterocycles. The van der Waals surface area contributed by atoms with E-state index in [1.165, 1.54) is 71.5 Å². The first-order valence-corrected chi connectivity index (χ1v) is 24.6. The van der Waals surface area contributed by atoms with Crippen molar-refractivity contribution in [3.05, 3.63) is 150 Å². The molecule has 0 fully saturated rings. The van der Waals surface area contributed by atoms with Crippen LogP contribution < -0.4 is 20.0 Å². The zero-order valence-electron chi connectivity index (χ0n) is 39.7. The van der Waals surface area contributed by atoms with Crippen LogP contribution in [0.15, 0.2) is 136 Å². The lowest BCUT2D eigenvalue weighted by atomic mass is 9.46. The zero-order chi connectivity index (χ0) is 45.4. The van der Waals surface area contributed by atoms with Crippen molar-refractivity contribution >= 4 is 111 Å². The lowest BCUT2D eigenvalue weighted by Gasteiger charge is -2.45. The first-order valence-electron chi connectivity index (χ1n) is 23.8. The molecule has 6 heteroatoms. The largest absolute Gasteiger partial charge is 0.456 e. The third-order valence-electron chi connectivity index (χ3n) is 15.6. The van der Waals surface area contributed by atoms with Gasteiger partial charge in [-0.2, -0.15) is 0 Å². The van der Waals surface area contributed by atoms with Crippen molar-refractivity contribution in [3.8, 4) is 11.1 Å². The average Bonchev–Trinajstić information content (AvgIpc) is 3.98. The van der Waals surface area contributed by atoms with E-state index in [2.05, 4.69) is 206 Å². The number of thiophene rings is 1. The lowest BCUT2D eigenvalue weighted by Crippen LogP contribution is -2.60. The van der Waals surface area contributed by atoms with E-state index in [0.29, 0.717) is 0 Å². The zero-order valence-corrected chi connectivity index (χ0v) is 40.6. The molecule has 0 atom stereocenters. The second-order valence-electron chi connectivity index (χ2n) is 22.8. The van der Waals surface area contributed by atoms with Crippen LogP contribution in [0.25, 0.3) is 65.1 Å². The monoisotopic (exact) mass is 878 g/mol. The van der Waals surface area contributed by atoms with Gasteiger partial charge < -0.3 is 18.5 Å². The number of nitrogens with zero attached hydrogens (tertiary/aromatic N) is 2. The summed E-state index contributed by atoms with van der Waals surface area (Å²) in [6, 6.07) is 48.3. The SMILES string of the molecule is CC(C)(C)c1ccc(N2B3c4sc5ccc(C(C)(C)C)cc5c4N(c4ccc5c(c4)C(C)(C)CCC5(C)C)c4c3c(cc3c4oc4ccccc43)-c3cc4c(cc32)oc2ccccc24)cc1. The molecule has 0 radical (unpaired) electrons. The minimum Gasteiger partial charge on any atom is -0.456 e. The van der Waals surface area contributed by atoms with Gasteiger partial charge in [-0.1, -0.05) is 130 Å². The summed E-state index contributed by atoms with van der Waals surface area (Å²) in [7, 11) is 0. The molecule has 1 aliphatic carbocycles. The number of benzene rings is 7. The molecule has 7 aromatic carbocycles. The number of furan rings is 2. The topological polar surface area (TPSA) is 32.8 Å². The number of anilines is 5. The van der Waals surface area contributed by atoms with Crippen LogP contribution in [-0.2, 0) is 21.7 Å². The molecule has 66 heavy (non-hydrogen) atoms. The fourth-order valence-electron chi connectivity index (χ4n) is 11.8. The molecule has 326 valence electrons. The highest BCUT2D eigenvalue weighted by Gasteiger charge is 2.49. The number of rotatable bonds is 2. The second kappa shape index (κ2) is 13.2. The highest BCUT2D eigenvalue weighted by molar-refractivity contribution is 7.32. The Morgan fingerprint density at radius 2 is 1.15 bits per heavy atom. The molecular weight excluding hydrogens is 824 g/mol. The van der Waals surface area contributed by atoms with E-state index >= 15 is 0 Å². The second-order valence-corrected chi connectivity index (χ2v) is 23.9. The summed E-state index contributed by atoms with van der Waals surface area (Å²) in [5.41, 5.74) is 18.8. The van der Waals surface area contributed by atoms with Gasteiger partial charge in [-0.3, -0.25) is 0 Å². The molecule has 0 N–H and O–H groups in total. The maximum absolute atomic E-state index is 7.27. The van der Waals surface area contributed by atoms with Crippen molar-refractivity contribution in [1.29, 1.82) is 0 Å². The highest BCUT2D eigenvalue weighted by atomic mass is 32.1. The van der Waals surface area contributed by atoms with Crippen molar-refractivity contribution in [2.24, 2.45) is 0 Å². The Bertz CT molecular complexity index is 3700. The van der Waals surface area contributed by atoms with Gasteiger partial charge in [-0.15, -0.1) is 11.3 Å². The normalized spacial score (nSPS) is 16.4. The standard InChI is InChI=1S/C60H55BN2O2S/c1-57(2,3)34-19-22-36(23-20-34)63-47-33-50-41(38-15-11-13-17-48(38)64-50)31-40(47)42-32-43-39-16-12-14-18-49(39)65-55(43)54-52(42)61(63)56-53(44-29-35(58(4,5)6)21-26-51(44)66-56)62(54)37-24-25-45-46(30-37)60(9,10)28-27-59(45,7)8/h11-26,29-33H,27-28H2,1-10H3. The summed E-state index contributed by atoms with van der Waals surface area (Å²) in [4.78, 5) is 5.26. The van der Waals surface area contributed by atoms with Crippen LogP contribution in [0, 0.1) is 0 Å². The van der Waals surface area contributed by atoms with Gasteiger partial charge in [0.1, 0.15) is 16.7 Å². The quantitative estimate of drug-likeness (QED) is 0.162. The van der Waals surface area contributed by atoms with E-state index in [1.54, 1.807) is 0 Å². The van der Waals surface area contributed by atoms with Gasteiger partial charge in [-0.25, -0.2) is 0 Å². The van der Waals surface area contributed by atoms with Gasteiger partial charge in [0.05, 0.1) is 11.4 Å². The predicted molar refractivity (Wildman–Crippen MR) is 283 cm³/mol. The molecule has 13 rings (SSSR count). The van der Waals surface area contributed by atoms with Gasteiger partial charge in [-0.05, 0) is 128 Å². The molecule has 10 aromatic rings. The van der Waals surface area contributed by atoms with Crippen LogP contribution in [0.5, 0.6) is 0 Å². The molecule has 0 saturated heterocycles. The van der Waals surface area contributed by atoms with E-state index in [0.717, 1.165) is 67.4 Å². The fraction of sp³-hybridized carbons (Fsp3) is 0.267. The van der Waals surface area contributed by atoms with Gasteiger partial charge in [0.2, 0.25) is 0 Å². The summed E-state index contributed by atoms with van der Waals surface area (Å²) in [6.07, 6.45) is 2.31. The molecule has 5 heterocycles. The van der Waals surface area contributed by atoms with Gasteiger partial charge in [0.15, 0.2) is 5.58 Å². The Labute approximate surface area is 391 Å². The van der Waals surface area contributed by atoms with Crippen LogP contribution in [0.2, 0.25) is 0 Å². The summed E-state index contributed by atoms with van der Waals surface area (Å²) in [5, 5.41) is 5.80. The van der Waals surface area contributed by atoms with Crippen molar-refractivity contribution < 1.29 is 8.83 Å².